The fraction of sp³-hybridized carbons (Fsp3) is 0.933. The van der Waals surface area contributed by atoms with Crippen LogP contribution in [0, 0.1) is 10.8 Å². The molecule has 0 fully saturated rings. The van der Waals surface area contributed by atoms with Crippen molar-refractivity contribution in [1.82, 2.24) is 10.6 Å². The van der Waals surface area contributed by atoms with Crippen LogP contribution in [0.5, 0.6) is 0 Å². The topological polar surface area (TPSA) is 50.4 Å². The Morgan fingerprint density at radius 2 is 1.79 bits per heavy atom. The molecule has 4 heteroatoms. The lowest BCUT2D eigenvalue weighted by Crippen LogP contribution is -2.42. The molecule has 19 heavy (non-hydrogen) atoms. The third-order valence-electron chi connectivity index (χ3n) is 3.03. The van der Waals surface area contributed by atoms with Crippen LogP contribution in [0.1, 0.15) is 48.0 Å². The normalized spacial score (nSPS) is 12.8. The highest BCUT2D eigenvalue weighted by Crippen LogP contribution is 2.33. The highest BCUT2D eigenvalue weighted by atomic mass is 16.5. The Balaban J connectivity index is 4.20. The van der Waals surface area contributed by atoms with Crippen molar-refractivity contribution < 1.29 is 9.53 Å². The number of carbonyl (C=O) groups is 1. The van der Waals surface area contributed by atoms with Gasteiger partial charge in [0, 0.05) is 12.0 Å². The molecule has 4 nitrogen and oxygen atoms in total. The van der Waals surface area contributed by atoms with Gasteiger partial charge in [-0.05, 0) is 39.3 Å². The van der Waals surface area contributed by atoms with Crippen LogP contribution in [0.2, 0.25) is 0 Å². The third kappa shape index (κ3) is 8.22. The van der Waals surface area contributed by atoms with Crippen molar-refractivity contribution in [3.63, 3.8) is 0 Å². The number of carbonyl (C=O) groups excluding carboxylic acids is 1. The van der Waals surface area contributed by atoms with Gasteiger partial charge in [0.1, 0.15) is 0 Å². The largest absolute Gasteiger partial charge is 0.377 e. The summed E-state index contributed by atoms with van der Waals surface area (Å²) in [5.74, 6) is 0.101. The number of amides is 1. The average Bonchev–Trinajstić information content (AvgIpc) is 2.21. The predicted molar refractivity (Wildman–Crippen MR) is 80.2 cm³/mol. The van der Waals surface area contributed by atoms with Gasteiger partial charge in [-0.2, -0.15) is 0 Å². The highest BCUT2D eigenvalue weighted by molar-refractivity contribution is 5.81. The Bertz CT molecular complexity index is 273. The molecule has 114 valence electrons. The maximum Gasteiger partial charge on any atom is 0.225 e. The summed E-state index contributed by atoms with van der Waals surface area (Å²) in [5.41, 5.74) is -0.262. The number of hydrogen-bond donors (Lipinski definition) is 2. The number of ether oxygens (including phenoxy) is 1. The summed E-state index contributed by atoms with van der Waals surface area (Å²) in [6.45, 7) is 14.4. The predicted octanol–water partition coefficient (Wildman–Crippen LogP) is 2.19. The van der Waals surface area contributed by atoms with Crippen molar-refractivity contribution >= 4 is 5.91 Å². The van der Waals surface area contributed by atoms with Crippen LogP contribution >= 0.6 is 0 Å². The van der Waals surface area contributed by atoms with E-state index in [2.05, 4.69) is 24.5 Å². The molecular weight excluding hydrogens is 240 g/mol. The molecule has 0 atom stereocenters. The molecule has 0 aliphatic rings. The number of rotatable bonds is 9. The lowest BCUT2D eigenvalue weighted by Gasteiger charge is -2.34. The van der Waals surface area contributed by atoms with Crippen LogP contribution < -0.4 is 10.6 Å². The van der Waals surface area contributed by atoms with E-state index in [1.54, 1.807) is 0 Å². The minimum Gasteiger partial charge on any atom is -0.377 e. The summed E-state index contributed by atoms with van der Waals surface area (Å²) in [6, 6.07) is 0. The van der Waals surface area contributed by atoms with E-state index in [1.807, 2.05) is 34.7 Å². The van der Waals surface area contributed by atoms with Gasteiger partial charge in [-0.15, -0.1) is 0 Å². The smallest absolute Gasteiger partial charge is 0.225 e. The van der Waals surface area contributed by atoms with Gasteiger partial charge in [-0.1, -0.05) is 27.7 Å². The molecule has 0 saturated heterocycles. The molecule has 0 unspecified atom stereocenters. The second-order valence-corrected chi connectivity index (χ2v) is 6.93. The molecule has 0 rings (SSSR count). The molecule has 0 radical (unpaired) electrons. The molecule has 0 bridgehead atoms. The molecule has 0 aromatic carbocycles. The van der Waals surface area contributed by atoms with Crippen LogP contribution in [0.25, 0.3) is 0 Å². The molecule has 0 spiro atoms. The summed E-state index contributed by atoms with van der Waals surface area (Å²) in [4.78, 5) is 12.2. The third-order valence-corrected chi connectivity index (χ3v) is 3.03. The van der Waals surface area contributed by atoms with E-state index in [0.717, 1.165) is 13.0 Å². The Labute approximate surface area is 118 Å². The van der Waals surface area contributed by atoms with Crippen molar-refractivity contribution in [3.05, 3.63) is 0 Å². The zero-order valence-corrected chi connectivity index (χ0v) is 13.7. The summed E-state index contributed by atoms with van der Waals surface area (Å²) in [5, 5.41) is 6.14. The first-order chi connectivity index (χ1) is 8.60. The quantitative estimate of drug-likeness (QED) is 0.633. The van der Waals surface area contributed by atoms with Crippen LogP contribution in [0.3, 0.4) is 0 Å². The Kier molecular flexibility index (Phi) is 7.60. The van der Waals surface area contributed by atoms with Gasteiger partial charge >= 0.3 is 0 Å². The highest BCUT2D eigenvalue weighted by Gasteiger charge is 2.34. The van der Waals surface area contributed by atoms with Crippen LogP contribution in [0.4, 0.5) is 0 Å². The van der Waals surface area contributed by atoms with Crippen LogP contribution in [-0.4, -0.2) is 38.8 Å². The van der Waals surface area contributed by atoms with Gasteiger partial charge in [0.15, 0.2) is 0 Å². The second kappa shape index (κ2) is 7.85. The first-order valence-electron chi connectivity index (χ1n) is 7.15. The Morgan fingerprint density at radius 3 is 2.26 bits per heavy atom. The van der Waals surface area contributed by atoms with Crippen molar-refractivity contribution in [1.29, 1.82) is 0 Å². The average molecular weight is 272 g/mol. The number of nitrogens with one attached hydrogen (secondary N) is 2. The molecule has 0 aromatic rings. The zero-order chi connectivity index (χ0) is 15.1. The SMILES string of the molecule is CNCC(C)(C)CC(C)(C)C(=O)NCCOC(C)C. The lowest BCUT2D eigenvalue weighted by atomic mass is 9.74. The van der Waals surface area contributed by atoms with Crippen molar-refractivity contribution in [2.75, 3.05) is 26.7 Å². The molecule has 0 aliphatic carbocycles. The molecule has 2 N–H and O–H groups in total. The van der Waals surface area contributed by atoms with Crippen molar-refractivity contribution in [2.24, 2.45) is 10.8 Å². The van der Waals surface area contributed by atoms with E-state index in [-0.39, 0.29) is 22.8 Å². The Morgan fingerprint density at radius 1 is 1.21 bits per heavy atom. The van der Waals surface area contributed by atoms with Gasteiger partial charge in [0.05, 0.1) is 12.7 Å². The van der Waals surface area contributed by atoms with Gasteiger partial charge in [-0.25, -0.2) is 0 Å². The molecule has 1 amide bonds. The summed E-state index contributed by atoms with van der Waals surface area (Å²) in [6.07, 6.45) is 1.05. The van der Waals surface area contributed by atoms with E-state index >= 15 is 0 Å². The second-order valence-electron chi connectivity index (χ2n) is 6.93. The van der Waals surface area contributed by atoms with E-state index in [0.29, 0.717) is 13.2 Å². The van der Waals surface area contributed by atoms with Crippen LogP contribution in [-0.2, 0) is 9.53 Å². The molecule has 0 aromatic heterocycles. The first kappa shape index (κ1) is 18.4. The summed E-state index contributed by atoms with van der Waals surface area (Å²) >= 11 is 0. The van der Waals surface area contributed by atoms with E-state index in [9.17, 15) is 4.79 Å². The van der Waals surface area contributed by atoms with Crippen LogP contribution in [0.15, 0.2) is 0 Å². The summed E-state index contributed by atoms with van der Waals surface area (Å²) in [7, 11) is 1.94. The lowest BCUT2D eigenvalue weighted by molar-refractivity contribution is -0.131. The fourth-order valence-corrected chi connectivity index (χ4v) is 2.52. The minimum absolute atomic E-state index is 0.101. The van der Waals surface area contributed by atoms with Gasteiger partial charge in [0.2, 0.25) is 5.91 Å². The summed E-state index contributed by atoms with van der Waals surface area (Å²) < 4.78 is 5.42. The number of hydrogen-bond acceptors (Lipinski definition) is 3. The molecule has 0 saturated carbocycles. The van der Waals surface area contributed by atoms with E-state index in [4.69, 9.17) is 4.74 Å². The van der Waals surface area contributed by atoms with Crippen molar-refractivity contribution in [2.45, 2.75) is 54.1 Å². The maximum atomic E-state index is 12.2. The molecule has 0 aliphatic heterocycles. The minimum atomic E-state index is -0.363. The monoisotopic (exact) mass is 272 g/mol. The van der Waals surface area contributed by atoms with Gasteiger partial charge in [0.25, 0.3) is 0 Å². The standard InChI is InChI=1S/C15H32N2O2/c1-12(2)19-9-8-17-13(18)15(5,6)10-14(3,4)11-16-7/h12,16H,8-11H2,1-7H3,(H,17,18). The molecular formula is C15H32N2O2. The fourth-order valence-electron chi connectivity index (χ4n) is 2.52. The Hall–Kier alpha value is -0.610. The zero-order valence-electron chi connectivity index (χ0n) is 13.7. The van der Waals surface area contributed by atoms with Crippen molar-refractivity contribution in [3.8, 4) is 0 Å². The van der Waals surface area contributed by atoms with Gasteiger partial charge < -0.3 is 15.4 Å². The van der Waals surface area contributed by atoms with E-state index < -0.39 is 0 Å². The molecule has 0 heterocycles. The maximum absolute atomic E-state index is 12.2. The van der Waals surface area contributed by atoms with E-state index in [1.165, 1.54) is 0 Å². The van der Waals surface area contributed by atoms with Gasteiger partial charge in [-0.3, -0.25) is 4.79 Å². The first-order valence-corrected chi connectivity index (χ1v) is 7.15.